The number of carbonyl (C=O) groups is 3. The first kappa shape index (κ1) is 41.8. The van der Waals surface area contributed by atoms with Crippen molar-refractivity contribution in [3.8, 4) is 0 Å². The fourth-order valence-corrected chi connectivity index (χ4v) is 6.90. The van der Waals surface area contributed by atoms with Gasteiger partial charge in [0, 0.05) is 22.5 Å². The van der Waals surface area contributed by atoms with Crippen LogP contribution in [0.2, 0.25) is 0 Å². The molecule has 1 aliphatic rings. The third kappa shape index (κ3) is 11.9. The summed E-state index contributed by atoms with van der Waals surface area (Å²) in [6, 6.07) is 32.3. The van der Waals surface area contributed by atoms with Gasteiger partial charge in [0.15, 0.2) is 5.92 Å². The largest absolute Gasteiger partial charge is 0.0622 e. The van der Waals surface area contributed by atoms with Crippen molar-refractivity contribution in [3.63, 3.8) is 0 Å². The second-order valence-electron chi connectivity index (χ2n) is 9.16. The third-order valence-electron chi connectivity index (χ3n) is 6.69. The molecule has 3 aromatic rings. The molecule has 0 spiro atoms. The standard InChI is InChI=1S/C18H15P.C15H20O7.2CO.Fe/c1-4-10-16(11-5-1)19(17-12-6-2-7-13-17)18-14-8-3-9-15-18;1-19-10-5-7-15(8-6-10,9-11(16)20-2)12(13(17)21-3)14(18)22-4;2*1-2;/h1-15H;5-7,12H,8-9H2,1-4H3;;;. The molecule has 0 amide bonds. The quantitative estimate of drug-likeness (QED) is 0.0623. The first-order valence-corrected chi connectivity index (χ1v) is 14.7. The fraction of sp³-hybridized carbons (Fsp3) is 0.229. The van der Waals surface area contributed by atoms with Gasteiger partial charge < -0.3 is 18.9 Å². The zero-order valence-corrected chi connectivity index (χ0v) is 27.9. The summed E-state index contributed by atoms with van der Waals surface area (Å²) in [5, 5.41) is 4.19. The van der Waals surface area contributed by atoms with Crippen LogP contribution >= 0.6 is 7.92 Å². The Labute approximate surface area is 281 Å². The first-order chi connectivity index (χ1) is 21.9. The molecule has 9 nitrogen and oxygen atoms in total. The van der Waals surface area contributed by atoms with E-state index in [0.29, 0.717) is 5.76 Å². The number of hydrogen-bond acceptors (Lipinski definition) is 7. The molecular weight excluding hydrogens is 651 g/mol. The van der Waals surface area contributed by atoms with Crippen LogP contribution in [0.3, 0.4) is 0 Å². The molecule has 0 bridgehead atoms. The molecule has 0 fully saturated rings. The average Bonchev–Trinajstić information content (AvgIpc) is 3.12. The summed E-state index contributed by atoms with van der Waals surface area (Å²) >= 11 is 0. The molecule has 0 aliphatic heterocycles. The van der Waals surface area contributed by atoms with Crippen LogP contribution in [0.1, 0.15) is 12.8 Å². The Balaban J connectivity index is 0.000000783. The molecule has 3 aromatic carbocycles. The normalized spacial score (nSPS) is 14.1. The summed E-state index contributed by atoms with van der Waals surface area (Å²) < 4.78 is 34.2. The maximum atomic E-state index is 12.1. The van der Waals surface area contributed by atoms with Gasteiger partial charge in [-0.3, -0.25) is 14.4 Å². The van der Waals surface area contributed by atoms with Crippen molar-refractivity contribution < 1.29 is 59.7 Å². The smallest absolute Gasteiger partial charge is 0 e. The summed E-state index contributed by atoms with van der Waals surface area (Å²) in [6.07, 6.45) is 4.97. The Morgan fingerprint density at radius 1 is 0.717 bits per heavy atom. The van der Waals surface area contributed by atoms with Gasteiger partial charge in [0.1, 0.15) is 5.76 Å². The van der Waals surface area contributed by atoms with Crippen molar-refractivity contribution in [2.45, 2.75) is 12.8 Å². The van der Waals surface area contributed by atoms with Crippen LogP contribution in [0.5, 0.6) is 0 Å². The number of allylic oxidation sites excluding steroid dienone is 3. The van der Waals surface area contributed by atoms with Gasteiger partial charge in [0.05, 0.1) is 34.9 Å². The molecule has 0 saturated heterocycles. The molecule has 4 rings (SSSR count). The second kappa shape index (κ2) is 23.2. The van der Waals surface area contributed by atoms with Crippen LogP contribution in [0.25, 0.3) is 0 Å². The van der Waals surface area contributed by atoms with Gasteiger partial charge in [-0.15, -0.1) is 0 Å². The Kier molecular flexibility index (Phi) is 21.0. The SMILES string of the molecule is COC(=O)CC1(C(C(=O)OC)C(=O)OC)C=CC(OC)=CC1.[C-]#[O+].[C-]#[O+].[Fe].c1ccc(P(c2ccccc2)c2ccccc2)cc1. The number of methoxy groups -OCH3 is 4. The van der Waals surface area contributed by atoms with Crippen LogP contribution in [0.15, 0.2) is 115 Å². The van der Waals surface area contributed by atoms with Crippen molar-refractivity contribution in [1.82, 2.24) is 0 Å². The van der Waals surface area contributed by atoms with Gasteiger partial charge in [-0.2, -0.15) is 0 Å². The minimum atomic E-state index is -1.27. The van der Waals surface area contributed by atoms with Crippen molar-refractivity contribution in [2.75, 3.05) is 28.4 Å². The molecule has 1 aliphatic carbocycles. The van der Waals surface area contributed by atoms with Crippen LogP contribution in [-0.2, 0) is 59.7 Å². The van der Waals surface area contributed by atoms with Crippen molar-refractivity contribution in [1.29, 1.82) is 0 Å². The number of benzene rings is 3. The minimum Gasteiger partial charge on any atom is -0.0622 e. The van der Waals surface area contributed by atoms with Gasteiger partial charge >= 0.3 is 40.5 Å². The zero-order chi connectivity index (χ0) is 33.7. The Bertz CT molecular complexity index is 1330. The van der Waals surface area contributed by atoms with E-state index in [0.717, 1.165) is 0 Å². The monoisotopic (exact) mass is 686 g/mol. The molecule has 1 atom stereocenters. The maximum Gasteiger partial charge on any atom is 0 e. The van der Waals surface area contributed by atoms with Gasteiger partial charge in [0.2, 0.25) is 0 Å². The molecule has 0 radical (unpaired) electrons. The van der Waals surface area contributed by atoms with Crippen molar-refractivity contribution in [3.05, 3.63) is 128 Å². The van der Waals surface area contributed by atoms with Crippen LogP contribution < -0.4 is 15.9 Å². The topological polar surface area (TPSA) is 128 Å². The molecule has 46 heavy (non-hydrogen) atoms. The summed E-state index contributed by atoms with van der Waals surface area (Å²) in [4.78, 5) is 35.9. The zero-order valence-electron chi connectivity index (χ0n) is 25.9. The first-order valence-electron chi connectivity index (χ1n) is 13.4. The molecule has 1 unspecified atom stereocenters. The number of carbonyl (C=O) groups excluding carboxylic acids is 3. The van der Waals surface area contributed by atoms with E-state index in [2.05, 4.69) is 109 Å². The predicted octanol–water partition coefficient (Wildman–Crippen LogP) is 4.36. The van der Waals surface area contributed by atoms with Gasteiger partial charge in [0.25, 0.3) is 0 Å². The van der Waals surface area contributed by atoms with E-state index in [4.69, 9.17) is 23.5 Å². The third-order valence-corrected chi connectivity index (χ3v) is 9.14. The summed E-state index contributed by atoms with van der Waals surface area (Å²) in [5.41, 5.74) is -1.12. The van der Waals surface area contributed by atoms with E-state index >= 15 is 0 Å². The molecular formula is C35H35FeO9P. The fourth-order valence-electron chi connectivity index (χ4n) is 4.59. The Morgan fingerprint density at radius 2 is 1.11 bits per heavy atom. The predicted molar refractivity (Wildman–Crippen MR) is 168 cm³/mol. The number of ether oxygens (including phenoxy) is 4. The molecule has 0 saturated carbocycles. The number of rotatable bonds is 9. The van der Waals surface area contributed by atoms with E-state index in [1.807, 2.05) is 0 Å². The maximum absolute atomic E-state index is 12.1. The summed E-state index contributed by atoms with van der Waals surface area (Å²) in [7, 11) is 4.64. The van der Waals surface area contributed by atoms with Crippen LogP contribution in [0.4, 0.5) is 0 Å². The van der Waals surface area contributed by atoms with Gasteiger partial charge in [-0.25, -0.2) is 0 Å². The molecule has 11 heteroatoms. The van der Waals surface area contributed by atoms with E-state index in [-0.39, 0.29) is 29.9 Å². The summed E-state index contributed by atoms with van der Waals surface area (Å²) in [5.74, 6) is -2.78. The van der Waals surface area contributed by atoms with E-state index in [1.165, 1.54) is 44.4 Å². The van der Waals surface area contributed by atoms with Crippen molar-refractivity contribution >= 4 is 41.7 Å². The Hall–Kier alpha value is -4.22. The minimum absolute atomic E-state index is 0. The Morgan fingerprint density at radius 3 is 1.39 bits per heavy atom. The van der Waals surface area contributed by atoms with E-state index in [9.17, 15) is 14.4 Å². The van der Waals surface area contributed by atoms with Crippen LogP contribution in [0, 0.1) is 24.6 Å². The van der Waals surface area contributed by atoms with E-state index < -0.39 is 37.2 Å². The second-order valence-corrected chi connectivity index (χ2v) is 11.4. The molecule has 242 valence electrons. The average molecular weight is 686 g/mol. The van der Waals surface area contributed by atoms with Gasteiger partial charge in [-0.1, -0.05) is 97.1 Å². The molecule has 0 N–H and O–H groups in total. The van der Waals surface area contributed by atoms with Crippen molar-refractivity contribution in [2.24, 2.45) is 11.3 Å². The van der Waals surface area contributed by atoms with Crippen LogP contribution in [-0.4, -0.2) is 46.3 Å². The van der Waals surface area contributed by atoms with Gasteiger partial charge in [-0.05, 0) is 42.4 Å². The number of hydrogen-bond donors (Lipinski definition) is 0. The summed E-state index contributed by atoms with van der Waals surface area (Å²) in [6.45, 7) is 9.00. The molecule has 0 heterocycles. The number of esters is 3. The molecule has 0 aromatic heterocycles. The van der Waals surface area contributed by atoms with E-state index in [1.54, 1.807) is 18.2 Å².